The van der Waals surface area contributed by atoms with Crippen molar-refractivity contribution in [1.29, 1.82) is 0 Å². The smallest absolute Gasteiger partial charge is 0.347 e. The Morgan fingerprint density at radius 1 is 1.21 bits per heavy atom. The van der Waals surface area contributed by atoms with Gasteiger partial charge in [0.2, 0.25) is 5.95 Å². The molecule has 29 heavy (non-hydrogen) atoms. The maximum atomic E-state index is 14.1. The van der Waals surface area contributed by atoms with E-state index in [9.17, 15) is 9.18 Å². The lowest BCUT2D eigenvalue weighted by Gasteiger charge is -2.10. The molecule has 1 aromatic heterocycles. The van der Waals surface area contributed by atoms with Gasteiger partial charge in [-0.1, -0.05) is 11.6 Å². The van der Waals surface area contributed by atoms with Crippen LogP contribution in [0.25, 0.3) is 0 Å². The van der Waals surface area contributed by atoms with Crippen molar-refractivity contribution < 1.29 is 18.7 Å². The Morgan fingerprint density at radius 3 is 2.72 bits per heavy atom. The molecule has 1 atom stereocenters. The number of ether oxygens (including phenoxy) is 2. The van der Waals surface area contributed by atoms with Gasteiger partial charge < -0.3 is 20.1 Å². The van der Waals surface area contributed by atoms with E-state index in [4.69, 9.17) is 21.1 Å². The fourth-order valence-electron chi connectivity index (χ4n) is 2.90. The number of aromatic nitrogens is 2. The first-order valence-corrected chi connectivity index (χ1v) is 9.09. The molecule has 2 heterocycles. The van der Waals surface area contributed by atoms with Gasteiger partial charge >= 0.3 is 5.97 Å². The summed E-state index contributed by atoms with van der Waals surface area (Å²) in [5.74, 6) is -0.147. The van der Waals surface area contributed by atoms with Crippen molar-refractivity contribution in [2.24, 2.45) is 0 Å². The number of carbonyl (C=O) groups excluding carboxylic acids is 1. The summed E-state index contributed by atoms with van der Waals surface area (Å²) in [5.41, 5.74) is 2.18. The number of anilines is 4. The minimum atomic E-state index is -0.650. The molecule has 0 fully saturated rings. The van der Waals surface area contributed by atoms with Crippen molar-refractivity contribution in [3.8, 4) is 5.75 Å². The molecule has 1 unspecified atom stereocenters. The Morgan fingerprint density at radius 2 is 1.97 bits per heavy atom. The van der Waals surface area contributed by atoms with E-state index >= 15 is 0 Å². The van der Waals surface area contributed by atoms with Crippen LogP contribution in [0.15, 0.2) is 48.7 Å². The summed E-state index contributed by atoms with van der Waals surface area (Å²) in [6, 6.07) is 12.2. The van der Waals surface area contributed by atoms with Crippen molar-refractivity contribution in [1.82, 2.24) is 9.97 Å². The van der Waals surface area contributed by atoms with Crippen LogP contribution in [0.1, 0.15) is 5.56 Å². The number of benzene rings is 2. The molecule has 9 heteroatoms. The molecule has 2 N–H and O–H groups in total. The topological polar surface area (TPSA) is 85.4 Å². The van der Waals surface area contributed by atoms with Gasteiger partial charge in [0, 0.05) is 28.4 Å². The molecular weight excluding hydrogens is 399 g/mol. The largest absolute Gasteiger partial charge is 0.478 e. The van der Waals surface area contributed by atoms with Crippen molar-refractivity contribution in [2.45, 2.75) is 12.5 Å². The second-order valence-corrected chi connectivity index (χ2v) is 6.74. The number of nitrogens with zero attached hydrogens (tertiary/aromatic N) is 2. The van der Waals surface area contributed by atoms with E-state index < -0.39 is 17.9 Å². The molecule has 0 saturated heterocycles. The lowest BCUT2D eigenvalue weighted by Crippen LogP contribution is -2.26. The van der Waals surface area contributed by atoms with Gasteiger partial charge in [0.25, 0.3) is 0 Å². The molecule has 0 radical (unpaired) electrons. The van der Waals surface area contributed by atoms with Gasteiger partial charge in [0.1, 0.15) is 5.75 Å². The highest BCUT2D eigenvalue weighted by Crippen LogP contribution is 2.32. The molecular formula is C20H16ClFN4O3. The molecule has 3 aromatic rings. The predicted octanol–water partition coefficient (Wildman–Crippen LogP) is 4.23. The van der Waals surface area contributed by atoms with Gasteiger partial charge in [-0.25, -0.2) is 14.2 Å². The number of rotatable bonds is 5. The number of hydrogen-bond donors (Lipinski definition) is 2. The summed E-state index contributed by atoms with van der Waals surface area (Å²) in [6.45, 7) is 0. The first kappa shape index (κ1) is 18.9. The Hall–Kier alpha value is -3.39. The third kappa shape index (κ3) is 4.22. The number of esters is 1. The summed E-state index contributed by atoms with van der Waals surface area (Å²) < 4.78 is 24.4. The van der Waals surface area contributed by atoms with Crippen molar-refractivity contribution in [3.63, 3.8) is 0 Å². The molecule has 4 rings (SSSR count). The molecule has 0 aliphatic carbocycles. The van der Waals surface area contributed by atoms with Gasteiger partial charge in [0.15, 0.2) is 17.7 Å². The minimum Gasteiger partial charge on any atom is -0.478 e. The number of nitrogens with one attached hydrogen (secondary N) is 2. The normalized spacial score (nSPS) is 14.7. The zero-order chi connectivity index (χ0) is 20.4. The fraction of sp³-hybridized carbons (Fsp3) is 0.150. The zero-order valence-electron chi connectivity index (χ0n) is 15.3. The first-order chi connectivity index (χ1) is 14.0. The molecule has 1 aliphatic rings. The Kier molecular flexibility index (Phi) is 5.18. The van der Waals surface area contributed by atoms with E-state index in [0.29, 0.717) is 28.6 Å². The van der Waals surface area contributed by atoms with Crippen LogP contribution in [0.5, 0.6) is 5.75 Å². The molecule has 0 bridgehead atoms. The number of methoxy groups -OCH3 is 1. The molecule has 148 valence electrons. The highest BCUT2D eigenvalue weighted by Gasteiger charge is 2.30. The highest BCUT2D eigenvalue weighted by molar-refractivity contribution is 6.30. The van der Waals surface area contributed by atoms with Crippen LogP contribution >= 0.6 is 11.6 Å². The third-order valence-corrected chi connectivity index (χ3v) is 4.56. The lowest BCUT2D eigenvalue weighted by molar-refractivity contribution is -0.147. The quantitative estimate of drug-likeness (QED) is 0.604. The second kappa shape index (κ2) is 7.92. The molecule has 0 saturated carbocycles. The fourth-order valence-corrected chi connectivity index (χ4v) is 3.03. The van der Waals surface area contributed by atoms with Gasteiger partial charge in [-0.3, -0.25) is 0 Å². The average Bonchev–Trinajstić information content (AvgIpc) is 3.15. The summed E-state index contributed by atoms with van der Waals surface area (Å²) >= 11 is 5.86. The maximum absolute atomic E-state index is 14.1. The van der Waals surface area contributed by atoms with E-state index in [1.807, 2.05) is 6.07 Å². The average molecular weight is 415 g/mol. The summed E-state index contributed by atoms with van der Waals surface area (Å²) in [4.78, 5) is 19.8. The third-order valence-electron chi connectivity index (χ3n) is 4.31. The van der Waals surface area contributed by atoms with Crippen LogP contribution in [0.3, 0.4) is 0 Å². The van der Waals surface area contributed by atoms with Crippen LogP contribution in [0, 0.1) is 5.82 Å². The lowest BCUT2D eigenvalue weighted by atomic mass is 10.1. The van der Waals surface area contributed by atoms with E-state index in [0.717, 1.165) is 11.8 Å². The predicted molar refractivity (Wildman–Crippen MR) is 107 cm³/mol. The van der Waals surface area contributed by atoms with Gasteiger partial charge in [-0.2, -0.15) is 4.98 Å². The second-order valence-electron chi connectivity index (χ2n) is 6.30. The van der Waals surface area contributed by atoms with E-state index in [2.05, 4.69) is 20.6 Å². The summed E-state index contributed by atoms with van der Waals surface area (Å²) in [6.07, 6.45) is 0.838. The number of halogens is 2. The number of carbonyl (C=O) groups is 1. The monoisotopic (exact) mass is 414 g/mol. The van der Waals surface area contributed by atoms with Gasteiger partial charge in [-0.05, 0) is 42.5 Å². The minimum absolute atomic E-state index is 0.0278. The highest BCUT2D eigenvalue weighted by atomic mass is 35.5. The maximum Gasteiger partial charge on any atom is 0.347 e. The molecule has 7 nitrogen and oxygen atoms in total. The van der Waals surface area contributed by atoms with Gasteiger partial charge in [0.05, 0.1) is 13.3 Å². The van der Waals surface area contributed by atoms with E-state index in [-0.39, 0.29) is 11.8 Å². The SMILES string of the molecule is COC(=O)C1Cc2cc(Nc3ncc(F)c(Nc4ccc(Cl)cc4)n3)ccc2O1. The molecule has 1 aliphatic heterocycles. The van der Waals surface area contributed by atoms with Crippen molar-refractivity contribution >= 4 is 40.7 Å². The number of fused-ring (bicyclic) bond motifs is 1. The van der Waals surface area contributed by atoms with E-state index in [1.54, 1.807) is 36.4 Å². The Balaban J connectivity index is 1.51. The molecule has 0 spiro atoms. The summed E-state index contributed by atoms with van der Waals surface area (Å²) in [5, 5.41) is 6.51. The van der Waals surface area contributed by atoms with Crippen LogP contribution in [0.2, 0.25) is 5.02 Å². The standard InChI is InChI=1S/C20H16ClFN4O3/c1-28-19(27)17-9-11-8-14(6-7-16(11)29-17)25-20-23-10-15(22)18(26-20)24-13-4-2-12(21)3-5-13/h2-8,10,17H,9H2,1H3,(H2,23,24,25,26). The van der Waals surface area contributed by atoms with Gasteiger partial charge in [-0.15, -0.1) is 0 Å². The van der Waals surface area contributed by atoms with Crippen molar-refractivity contribution in [3.05, 3.63) is 65.1 Å². The van der Waals surface area contributed by atoms with E-state index in [1.165, 1.54) is 7.11 Å². The first-order valence-electron chi connectivity index (χ1n) is 8.71. The molecule has 2 aromatic carbocycles. The Bertz CT molecular complexity index is 1060. The zero-order valence-corrected chi connectivity index (χ0v) is 16.0. The van der Waals surface area contributed by atoms with Crippen LogP contribution in [-0.4, -0.2) is 29.2 Å². The number of hydrogen-bond acceptors (Lipinski definition) is 7. The van der Waals surface area contributed by atoms with Crippen LogP contribution in [-0.2, 0) is 16.0 Å². The molecule has 0 amide bonds. The van der Waals surface area contributed by atoms with Crippen LogP contribution < -0.4 is 15.4 Å². The Labute approximate surface area is 170 Å². The summed E-state index contributed by atoms with van der Waals surface area (Å²) in [7, 11) is 1.32. The van der Waals surface area contributed by atoms with Crippen LogP contribution in [0.4, 0.5) is 27.5 Å². The van der Waals surface area contributed by atoms with Crippen molar-refractivity contribution in [2.75, 3.05) is 17.7 Å².